The summed E-state index contributed by atoms with van der Waals surface area (Å²) in [7, 11) is 2.97. The fraction of sp³-hybridized carbons (Fsp3) is 0.500. The van der Waals surface area contributed by atoms with Crippen LogP contribution in [0.2, 0.25) is 0 Å². The minimum Gasteiger partial charge on any atom is -0.479 e. The van der Waals surface area contributed by atoms with E-state index in [2.05, 4.69) is 5.32 Å². The largest absolute Gasteiger partial charge is 0.479 e. The van der Waals surface area contributed by atoms with Gasteiger partial charge in [-0.15, -0.1) is 11.3 Å². The van der Waals surface area contributed by atoms with Crippen LogP contribution in [0.5, 0.6) is 0 Å². The number of hydrogen-bond donors (Lipinski definition) is 2. The lowest BCUT2D eigenvalue weighted by atomic mass is 10.3. The molecule has 19 heavy (non-hydrogen) atoms. The number of thiophene rings is 1. The van der Waals surface area contributed by atoms with Gasteiger partial charge in [0.1, 0.15) is 0 Å². The molecule has 6 nitrogen and oxygen atoms in total. The Labute approximate surface area is 116 Å². The van der Waals surface area contributed by atoms with Crippen molar-refractivity contribution < 1.29 is 19.4 Å². The third kappa shape index (κ3) is 5.27. The van der Waals surface area contributed by atoms with Crippen LogP contribution in [-0.4, -0.2) is 55.4 Å². The summed E-state index contributed by atoms with van der Waals surface area (Å²) in [5.41, 5.74) is 0. The lowest BCUT2D eigenvalue weighted by Crippen LogP contribution is -2.44. The number of carbonyl (C=O) groups is 2. The molecule has 0 saturated heterocycles. The van der Waals surface area contributed by atoms with Crippen molar-refractivity contribution in [1.29, 1.82) is 0 Å². The highest BCUT2D eigenvalue weighted by molar-refractivity contribution is 7.09. The van der Waals surface area contributed by atoms with Gasteiger partial charge in [-0.2, -0.15) is 0 Å². The van der Waals surface area contributed by atoms with Gasteiger partial charge < -0.3 is 20.1 Å². The van der Waals surface area contributed by atoms with E-state index >= 15 is 0 Å². The molecular formula is C12H18N2O4S. The van der Waals surface area contributed by atoms with Crippen molar-refractivity contribution in [2.24, 2.45) is 0 Å². The quantitative estimate of drug-likeness (QED) is 0.784. The summed E-state index contributed by atoms with van der Waals surface area (Å²) in [4.78, 5) is 25.2. The maximum atomic E-state index is 11.7. The molecule has 1 rings (SSSR count). The molecule has 1 heterocycles. The van der Waals surface area contributed by atoms with Crippen molar-refractivity contribution in [3.8, 4) is 0 Å². The fourth-order valence-electron chi connectivity index (χ4n) is 1.42. The van der Waals surface area contributed by atoms with Crippen molar-refractivity contribution in [3.63, 3.8) is 0 Å². The summed E-state index contributed by atoms with van der Waals surface area (Å²) in [6.07, 6.45) is -0.233. The van der Waals surface area contributed by atoms with Crippen LogP contribution in [-0.2, 0) is 16.0 Å². The number of nitrogens with one attached hydrogen (secondary N) is 1. The van der Waals surface area contributed by atoms with Crippen LogP contribution in [0.25, 0.3) is 0 Å². The number of likely N-dealkylation sites (N-methyl/N-ethyl adjacent to an activating group) is 1. The van der Waals surface area contributed by atoms with Crippen LogP contribution in [0.1, 0.15) is 4.88 Å². The third-order valence-electron chi connectivity index (χ3n) is 2.62. The number of ether oxygens (including phenoxy) is 1. The predicted molar refractivity (Wildman–Crippen MR) is 72.5 cm³/mol. The van der Waals surface area contributed by atoms with Gasteiger partial charge in [0.15, 0.2) is 6.10 Å². The lowest BCUT2D eigenvalue weighted by Gasteiger charge is -2.19. The van der Waals surface area contributed by atoms with Crippen molar-refractivity contribution >= 4 is 23.3 Å². The Balaban J connectivity index is 2.30. The average Bonchev–Trinajstić information content (AvgIpc) is 2.89. The molecule has 2 N–H and O–H groups in total. The second-order valence-electron chi connectivity index (χ2n) is 4.00. The summed E-state index contributed by atoms with van der Waals surface area (Å²) >= 11 is 1.65. The highest BCUT2D eigenvalue weighted by atomic mass is 32.1. The van der Waals surface area contributed by atoms with E-state index in [4.69, 9.17) is 9.84 Å². The number of methoxy groups -OCH3 is 1. The van der Waals surface area contributed by atoms with Gasteiger partial charge in [0.25, 0.3) is 0 Å². The van der Waals surface area contributed by atoms with Gasteiger partial charge >= 0.3 is 12.0 Å². The van der Waals surface area contributed by atoms with E-state index in [-0.39, 0.29) is 12.6 Å². The highest BCUT2D eigenvalue weighted by Crippen LogP contribution is 2.09. The van der Waals surface area contributed by atoms with Crippen LogP contribution in [0, 0.1) is 0 Å². The van der Waals surface area contributed by atoms with Crippen LogP contribution in [0.3, 0.4) is 0 Å². The zero-order valence-electron chi connectivity index (χ0n) is 11.0. The number of rotatable bonds is 7. The predicted octanol–water partition coefficient (Wildman–Crippen LogP) is 1.03. The summed E-state index contributed by atoms with van der Waals surface area (Å²) in [5, 5.41) is 13.3. The first kappa shape index (κ1) is 15.5. The van der Waals surface area contributed by atoms with Gasteiger partial charge in [0.2, 0.25) is 0 Å². The van der Waals surface area contributed by atoms with Gasteiger partial charge in [0.05, 0.1) is 6.54 Å². The summed E-state index contributed by atoms with van der Waals surface area (Å²) in [6, 6.07) is 3.68. The first-order valence-corrected chi connectivity index (χ1v) is 6.69. The molecule has 106 valence electrons. The molecule has 0 aliphatic carbocycles. The Morgan fingerprint density at radius 2 is 2.32 bits per heavy atom. The summed E-state index contributed by atoms with van der Waals surface area (Å²) < 4.78 is 4.73. The number of amides is 2. The second kappa shape index (κ2) is 7.75. The Morgan fingerprint density at radius 3 is 2.84 bits per heavy atom. The summed E-state index contributed by atoms with van der Waals surface area (Å²) in [5.74, 6) is -1.09. The molecule has 0 spiro atoms. The number of aliphatic carboxylic acids is 1. The molecule has 1 atom stereocenters. The molecule has 0 bridgehead atoms. The monoisotopic (exact) mass is 286 g/mol. The lowest BCUT2D eigenvalue weighted by molar-refractivity contribution is -0.148. The van der Waals surface area contributed by atoms with E-state index in [0.717, 1.165) is 6.42 Å². The first-order chi connectivity index (χ1) is 9.04. The molecular weight excluding hydrogens is 268 g/mol. The molecule has 0 aliphatic rings. The fourth-order valence-corrected chi connectivity index (χ4v) is 2.12. The standard InChI is InChI=1S/C12H18N2O4S/c1-14(6-5-9-4-3-7-19-9)12(17)13-8-10(18-2)11(15)16/h3-4,7,10H,5-6,8H2,1-2H3,(H,13,17)(H,15,16). The zero-order valence-corrected chi connectivity index (χ0v) is 11.8. The van der Waals surface area contributed by atoms with Crippen molar-refractivity contribution in [1.82, 2.24) is 10.2 Å². The molecule has 0 radical (unpaired) electrons. The van der Waals surface area contributed by atoms with E-state index in [9.17, 15) is 9.59 Å². The van der Waals surface area contributed by atoms with E-state index in [1.807, 2.05) is 17.5 Å². The normalized spacial score (nSPS) is 11.9. The van der Waals surface area contributed by atoms with Gasteiger partial charge in [-0.3, -0.25) is 0 Å². The van der Waals surface area contributed by atoms with Gasteiger partial charge in [-0.1, -0.05) is 6.07 Å². The molecule has 0 saturated carbocycles. The molecule has 0 aromatic carbocycles. The van der Waals surface area contributed by atoms with E-state index in [0.29, 0.717) is 6.54 Å². The second-order valence-corrected chi connectivity index (χ2v) is 5.03. The van der Waals surface area contributed by atoms with Crippen LogP contribution >= 0.6 is 11.3 Å². The molecule has 1 aromatic heterocycles. The number of carboxylic acids is 1. The molecule has 1 unspecified atom stereocenters. The van der Waals surface area contributed by atoms with Crippen molar-refractivity contribution in [3.05, 3.63) is 22.4 Å². The molecule has 0 fully saturated rings. The maximum absolute atomic E-state index is 11.7. The van der Waals surface area contributed by atoms with Crippen LogP contribution < -0.4 is 5.32 Å². The Kier molecular flexibility index (Phi) is 6.31. The molecule has 2 amide bonds. The Bertz CT molecular complexity index is 408. The van der Waals surface area contributed by atoms with Crippen LogP contribution in [0.4, 0.5) is 4.79 Å². The average molecular weight is 286 g/mol. The third-order valence-corrected chi connectivity index (χ3v) is 3.56. The molecule has 0 aliphatic heterocycles. The maximum Gasteiger partial charge on any atom is 0.334 e. The molecule has 1 aromatic rings. The summed E-state index contributed by atoms with van der Waals surface area (Å²) in [6.45, 7) is 0.533. The zero-order chi connectivity index (χ0) is 14.3. The van der Waals surface area contributed by atoms with Gasteiger partial charge in [-0.25, -0.2) is 9.59 Å². The van der Waals surface area contributed by atoms with Crippen molar-refractivity contribution in [2.75, 3.05) is 27.2 Å². The Morgan fingerprint density at radius 1 is 1.58 bits per heavy atom. The number of hydrogen-bond acceptors (Lipinski definition) is 4. The van der Waals surface area contributed by atoms with Crippen LogP contribution in [0.15, 0.2) is 17.5 Å². The van der Waals surface area contributed by atoms with Gasteiger partial charge in [0, 0.05) is 25.6 Å². The number of carbonyl (C=O) groups excluding carboxylic acids is 1. The van der Waals surface area contributed by atoms with E-state index in [1.54, 1.807) is 18.4 Å². The Hall–Kier alpha value is -1.60. The van der Waals surface area contributed by atoms with Gasteiger partial charge in [-0.05, 0) is 17.9 Å². The first-order valence-electron chi connectivity index (χ1n) is 5.81. The van der Waals surface area contributed by atoms with Crippen molar-refractivity contribution in [2.45, 2.75) is 12.5 Å². The highest BCUT2D eigenvalue weighted by Gasteiger charge is 2.18. The SMILES string of the molecule is COC(CNC(=O)N(C)CCc1cccs1)C(=O)O. The minimum atomic E-state index is -1.09. The van der Waals surface area contributed by atoms with E-state index < -0.39 is 12.1 Å². The topological polar surface area (TPSA) is 78.9 Å². The number of carboxylic acid groups (broad SMARTS) is 1. The smallest absolute Gasteiger partial charge is 0.334 e. The number of urea groups is 1. The minimum absolute atomic E-state index is 0.0476. The molecule has 7 heteroatoms. The van der Waals surface area contributed by atoms with E-state index in [1.165, 1.54) is 16.9 Å². The number of nitrogens with zero attached hydrogens (tertiary/aromatic N) is 1.